The molecular formula is C18H23F2N3O4S. The first-order valence-corrected chi connectivity index (χ1v) is 11.4. The average molecular weight is 415 g/mol. The number of carbonyl (C=O) groups is 1. The van der Waals surface area contributed by atoms with Crippen molar-refractivity contribution in [2.24, 2.45) is 17.8 Å². The summed E-state index contributed by atoms with van der Waals surface area (Å²) in [6.07, 6.45) is 2.01. The van der Waals surface area contributed by atoms with Crippen molar-refractivity contribution in [3.8, 4) is 0 Å². The first-order valence-electron chi connectivity index (χ1n) is 9.50. The number of fused-ring (bicyclic) bond motifs is 3. The van der Waals surface area contributed by atoms with E-state index in [1.54, 1.807) is 6.92 Å². The summed E-state index contributed by atoms with van der Waals surface area (Å²) in [6, 6.07) is 0. The SMILES string of the molecule is CCOC(=O)CC1[C@@H]2C[C@H]1CN(c1nc(S(C)(=O)=O)nc3c1CCC3(F)F)C2. The van der Waals surface area contributed by atoms with Crippen LogP contribution in [0, 0.1) is 17.8 Å². The lowest BCUT2D eigenvalue weighted by atomic mass is 9.60. The van der Waals surface area contributed by atoms with Gasteiger partial charge in [0, 0.05) is 37.8 Å². The number of ether oxygens (including phenoxy) is 1. The van der Waals surface area contributed by atoms with Crippen LogP contribution in [0.15, 0.2) is 5.16 Å². The van der Waals surface area contributed by atoms with Crippen LogP contribution < -0.4 is 4.90 Å². The molecule has 1 aromatic heterocycles. The van der Waals surface area contributed by atoms with Gasteiger partial charge >= 0.3 is 5.97 Å². The molecule has 7 nitrogen and oxygen atoms in total. The molecule has 0 N–H and O–H groups in total. The van der Waals surface area contributed by atoms with Crippen LogP contribution in [0.5, 0.6) is 0 Å². The third kappa shape index (κ3) is 3.25. The molecule has 2 aliphatic heterocycles. The summed E-state index contributed by atoms with van der Waals surface area (Å²) in [4.78, 5) is 21.6. The number of halogens is 2. The highest BCUT2D eigenvalue weighted by atomic mass is 32.2. The Bertz CT molecular complexity index is 910. The summed E-state index contributed by atoms with van der Waals surface area (Å²) < 4.78 is 57.5. The molecular weight excluding hydrogens is 392 g/mol. The highest BCUT2D eigenvalue weighted by Gasteiger charge is 2.50. The number of sulfone groups is 1. The third-order valence-corrected chi connectivity index (χ3v) is 6.91. The van der Waals surface area contributed by atoms with Gasteiger partial charge in [0.1, 0.15) is 11.5 Å². The average Bonchev–Trinajstić information content (AvgIpc) is 2.94. The molecule has 1 saturated carbocycles. The standard InChI is InChI=1S/C18H23F2N3O4S/c1-3-27-14(24)7-13-10-6-11(13)9-23(8-10)16-12-4-5-18(19,20)15(12)21-17(22-16)28(2,25)26/h10-11,13H,3-9H2,1-2H3/t10-,11+,13?. The minimum absolute atomic E-state index is 0.125. The maximum Gasteiger partial charge on any atom is 0.306 e. The van der Waals surface area contributed by atoms with Crippen molar-refractivity contribution in [1.82, 2.24) is 9.97 Å². The van der Waals surface area contributed by atoms with Gasteiger partial charge in [-0.3, -0.25) is 4.79 Å². The maximum atomic E-state index is 14.3. The van der Waals surface area contributed by atoms with E-state index in [0.29, 0.717) is 37.5 Å². The fraction of sp³-hybridized carbons (Fsp3) is 0.722. The van der Waals surface area contributed by atoms with Crippen molar-refractivity contribution < 1.29 is 26.7 Å². The van der Waals surface area contributed by atoms with Gasteiger partial charge in [0.25, 0.3) is 5.92 Å². The van der Waals surface area contributed by atoms with Crippen LogP contribution in [0.3, 0.4) is 0 Å². The second-order valence-corrected chi connectivity index (χ2v) is 9.88. The van der Waals surface area contributed by atoms with Crippen LogP contribution in [0.25, 0.3) is 0 Å². The van der Waals surface area contributed by atoms with E-state index < -0.39 is 26.6 Å². The summed E-state index contributed by atoms with van der Waals surface area (Å²) in [5.74, 6) is -2.32. The predicted molar refractivity (Wildman–Crippen MR) is 95.9 cm³/mol. The molecule has 0 spiro atoms. The van der Waals surface area contributed by atoms with Crippen molar-refractivity contribution in [3.63, 3.8) is 0 Å². The molecule has 2 bridgehead atoms. The first-order chi connectivity index (χ1) is 13.1. The van der Waals surface area contributed by atoms with Gasteiger partial charge in [0.2, 0.25) is 15.0 Å². The lowest BCUT2D eigenvalue weighted by Crippen LogP contribution is -2.56. The highest BCUT2D eigenvalue weighted by molar-refractivity contribution is 7.90. The number of piperidine rings is 2. The number of rotatable bonds is 5. The van der Waals surface area contributed by atoms with Gasteiger partial charge in [0.05, 0.1) is 6.61 Å². The lowest BCUT2D eigenvalue weighted by molar-refractivity contribution is -0.147. The molecule has 2 saturated heterocycles. The van der Waals surface area contributed by atoms with Gasteiger partial charge in [-0.1, -0.05) is 0 Å². The van der Waals surface area contributed by atoms with Crippen LogP contribution in [0.1, 0.15) is 37.4 Å². The Morgan fingerprint density at radius 2 is 1.96 bits per heavy atom. The number of alkyl halides is 2. The van der Waals surface area contributed by atoms with Crippen LogP contribution in [-0.4, -0.2) is 50.3 Å². The quantitative estimate of drug-likeness (QED) is 0.536. The van der Waals surface area contributed by atoms with E-state index in [1.165, 1.54) is 0 Å². The third-order valence-electron chi connectivity index (χ3n) is 6.07. The zero-order valence-electron chi connectivity index (χ0n) is 15.8. The van der Waals surface area contributed by atoms with Gasteiger partial charge < -0.3 is 9.64 Å². The van der Waals surface area contributed by atoms with E-state index in [-0.39, 0.29) is 36.6 Å². The number of carbonyl (C=O) groups excluding carboxylic acids is 1. The Balaban J connectivity index is 1.61. The van der Waals surface area contributed by atoms with E-state index in [2.05, 4.69) is 9.97 Å². The Hall–Kier alpha value is -1.84. The molecule has 3 fully saturated rings. The van der Waals surface area contributed by atoms with E-state index in [1.807, 2.05) is 4.90 Å². The normalized spacial score (nSPS) is 27.9. The Morgan fingerprint density at radius 3 is 2.57 bits per heavy atom. The molecule has 1 aromatic rings. The molecule has 2 aliphatic carbocycles. The van der Waals surface area contributed by atoms with Crippen LogP contribution in [0.4, 0.5) is 14.6 Å². The predicted octanol–water partition coefficient (Wildman–Crippen LogP) is 1.94. The molecule has 0 aromatic carbocycles. The number of nitrogens with zero attached hydrogens (tertiary/aromatic N) is 3. The molecule has 154 valence electrons. The summed E-state index contributed by atoms with van der Waals surface area (Å²) >= 11 is 0. The highest BCUT2D eigenvalue weighted by Crippen LogP contribution is 2.50. The smallest absolute Gasteiger partial charge is 0.306 e. The Labute approximate surface area is 162 Å². The maximum absolute atomic E-state index is 14.3. The van der Waals surface area contributed by atoms with Gasteiger partial charge in [-0.25, -0.2) is 18.4 Å². The summed E-state index contributed by atoms with van der Waals surface area (Å²) in [6.45, 7) is 3.26. The summed E-state index contributed by atoms with van der Waals surface area (Å²) in [5.41, 5.74) is -0.110. The van der Waals surface area contributed by atoms with E-state index in [4.69, 9.17) is 4.74 Å². The molecule has 3 atom stereocenters. The topological polar surface area (TPSA) is 89.5 Å². The van der Waals surface area contributed by atoms with Gasteiger partial charge in [0.15, 0.2) is 0 Å². The second-order valence-electron chi connectivity index (χ2n) is 7.97. The van der Waals surface area contributed by atoms with Gasteiger partial charge in [-0.05, 0) is 37.5 Å². The molecule has 1 unspecified atom stereocenters. The van der Waals surface area contributed by atoms with Crippen molar-refractivity contribution in [2.75, 3.05) is 30.9 Å². The fourth-order valence-corrected chi connectivity index (χ4v) is 5.23. The second kappa shape index (κ2) is 6.60. The molecule has 0 radical (unpaired) electrons. The number of hydrogen-bond donors (Lipinski definition) is 0. The summed E-state index contributed by atoms with van der Waals surface area (Å²) in [7, 11) is -3.81. The monoisotopic (exact) mass is 415 g/mol. The van der Waals surface area contributed by atoms with Crippen molar-refractivity contribution >= 4 is 21.6 Å². The van der Waals surface area contributed by atoms with Crippen molar-refractivity contribution in [3.05, 3.63) is 11.3 Å². The van der Waals surface area contributed by atoms with Gasteiger partial charge in [-0.2, -0.15) is 8.78 Å². The largest absolute Gasteiger partial charge is 0.466 e. The minimum Gasteiger partial charge on any atom is -0.466 e. The molecule has 3 heterocycles. The van der Waals surface area contributed by atoms with E-state index in [9.17, 15) is 22.0 Å². The van der Waals surface area contributed by atoms with Crippen molar-refractivity contribution in [1.29, 1.82) is 0 Å². The first kappa shape index (κ1) is 19.5. The molecule has 10 heteroatoms. The van der Waals surface area contributed by atoms with Crippen LogP contribution in [0.2, 0.25) is 0 Å². The molecule has 4 aliphatic rings. The zero-order valence-corrected chi connectivity index (χ0v) is 16.6. The lowest BCUT2D eigenvalue weighted by Gasteiger charge is -2.54. The van der Waals surface area contributed by atoms with E-state index >= 15 is 0 Å². The zero-order chi connectivity index (χ0) is 20.3. The van der Waals surface area contributed by atoms with E-state index in [0.717, 1.165) is 12.7 Å². The minimum atomic E-state index is -3.81. The van der Waals surface area contributed by atoms with Crippen LogP contribution >= 0.6 is 0 Å². The van der Waals surface area contributed by atoms with Crippen molar-refractivity contribution in [2.45, 2.75) is 43.7 Å². The number of hydrogen-bond acceptors (Lipinski definition) is 7. The number of esters is 1. The summed E-state index contributed by atoms with van der Waals surface area (Å²) in [5, 5.41) is -0.551. The Morgan fingerprint density at radius 1 is 1.29 bits per heavy atom. The molecule has 28 heavy (non-hydrogen) atoms. The number of aromatic nitrogens is 2. The van der Waals surface area contributed by atoms with Crippen LogP contribution in [-0.2, 0) is 31.7 Å². The van der Waals surface area contributed by atoms with Gasteiger partial charge in [-0.15, -0.1) is 0 Å². The fourth-order valence-electron chi connectivity index (χ4n) is 4.72. The Kier molecular flexibility index (Phi) is 4.59. The molecule has 0 amide bonds. The molecule has 5 rings (SSSR count). The number of anilines is 1.